The Balaban J connectivity index is 0.000000192. The highest BCUT2D eigenvalue weighted by molar-refractivity contribution is 8.14. The third-order valence-corrected chi connectivity index (χ3v) is 11.9. The minimum atomic E-state index is -0.950. The molecule has 0 aromatic heterocycles. The zero-order valence-electron chi connectivity index (χ0n) is 28.6. The van der Waals surface area contributed by atoms with Gasteiger partial charge in [-0.15, -0.1) is 0 Å². The lowest BCUT2D eigenvalue weighted by Crippen LogP contribution is -2.48. The van der Waals surface area contributed by atoms with E-state index < -0.39 is 6.10 Å². The Hall–Kier alpha value is -4.00. The maximum atomic E-state index is 12.6. The lowest BCUT2D eigenvalue weighted by Gasteiger charge is -2.27. The van der Waals surface area contributed by atoms with Crippen molar-refractivity contribution in [2.24, 2.45) is 16.7 Å². The summed E-state index contributed by atoms with van der Waals surface area (Å²) in [6.45, 7) is 10.1. The van der Waals surface area contributed by atoms with Crippen LogP contribution in [0.15, 0.2) is 78.9 Å². The molecular weight excluding hydrogens is 658 g/mol. The number of halogens is 1. The van der Waals surface area contributed by atoms with Crippen LogP contribution in [0.4, 0.5) is 9.59 Å². The fraction of sp³-hybridized carbons (Fsp3) is 0.436. The normalized spacial score (nSPS) is 21.8. The molecule has 2 saturated carbocycles. The SMILES string of the molecule is CC1(C)C(C(=O)OC(C#N)c2cccc(Oc3ccccc3)c2)C1(C)C.C[C@@H]1[C@@H](c2ccc(Cl)cc2)SC(=O)N1C(=O)NC1CCCCC1. The van der Waals surface area contributed by atoms with Gasteiger partial charge in [0.25, 0.3) is 5.24 Å². The van der Waals surface area contributed by atoms with Crippen molar-refractivity contribution in [3.05, 3.63) is 95.0 Å². The fourth-order valence-electron chi connectivity index (χ4n) is 6.83. The second kappa shape index (κ2) is 15.3. The van der Waals surface area contributed by atoms with E-state index in [1.165, 1.54) is 23.1 Å². The van der Waals surface area contributed by atoms with Crippen molar-refractivity contribution in [2.75, 3.05) is 0 Å². The van der Waals surface area contributed by atoms with Crippen molar-refractivity contribution in [3.8, 4) is 17.6 Å². The molecular formula is C39H44ClN3O5S. The highest BCUT2D eigenvalue weighted by Crippen LogP contribution is 2.68. The smallest absolute Gasteiger partial charge is 0.325 e. The maximum absolute atomic E-state index is 12.6. The van der Waals surface area contributed by atoms with Gasteiger partial charge in [0.1, 0.15) is 17.6 Å². The number of nitrogens with zero attached hydrogens (tertiary/aromatic N) is 2. The number of hydrogen-bond donors (Lipinski definition) is 1. The molecule has 10 heteroatoms. The van der Waals surface area contributed by atoms with Gasteiger partial charge in [-0.05, 0) is 72.6 Å². The summed E-state index contributed by atoms with van der Waals surface area (Å²) in [6, 6.07) is 25.8. The molecule has 3 atom stereocenters. The van der Waals surface area contributed by atoms with E-state index in [-0.39, 0.29) is 51.3 Å². The Labute approximate surface area is 298 Å². The highest BCUT2D eigenvalue weighted by Gasteiger charge is 2.69. The van der Waals surface area contributed by atoms with E-state index >= 15 is 0 Å². The molecule has 1 heterocycles. The van der Waals surface area contributed by atoms with Gasteiger partial charge in [0.15, 0.2) is 0 Å². The number of imide groups is 1. The van der Waals surface area contributed by atoms with E-state index in [4.69, 9.17) is 21.1 Å². The largest absolute Gasteiger partial charge is 0.457 e. The van der Waals surface area contributed by atoms with E-state index in [9.17, 15) is 19.6 Å². The van der Waals surface area contributed by atoms with Crippen LogP contribution in [0.2, 0.25) is 5.02 Å². The first kappa shape index (κ1) is 36.3. The lowest BCUT2D eigenvalue weighted by molar-refractivity contribution is -0.150. The van der Waals surface area contributed by atoms with Gasteiger partial charge in [0.05, 0.1) is 17.2 Å². The van der Waals surface area contributed by atoms with E-state index in [1.807, 2.05) is 61.5 Å². The monoisotopic (exact) mass is 701 g/mol. The molecule has 3 aromatic rings. The van der Waals surface area contributed by atoms with Crippen molar-refractivity contribution >= 4 is 40.6 Å². The van der Waals surface area contributed by atoms with Crippen molar-refractivity contribution in [3.63, 3.8) is 0 Å². The first-order valence-corrected chi connectivity index (χ1v) is 18.1. The first-order valence-electron chi connectivity index (χ1n) is 16.8. The van der Waals surface area contributed by atoms with Gasteiger partial charge in [-0.2, -0.15) is 5.26 Å². The predicted octanol–water partition coefficient (Wildman–Crippen LogP) is 10.2. The van der Waals surface area contributed by atoms with Crippen LogP contribution in [0.3, 0.4) is 0 Å². The molecule has 1 unspecified atom stereocenters. The van der Waals surface area contributed by atoms with Crippen LogP contribution in [0.25, 0.3) is 0 Å². The average molecular weight is 702 g/mol. The molecule has 0 bridgehead atoms. The zero-order valence-corrected chi connectivity index (χ0v) is 30.2. The number of ether oxygens (including phenoxy) is 2. The van der Waals surface area contributed by atoms with Gasteiger partial charge in [0.2, 0.25) is 6.10 Å². The van der Waals surface area contributed by atoms with Crippen LogP contribution < -0.4 is 10.1 Å². The summed E-state index contributed by atoms with van der Waals surface area (Å²) in [5, 5.41) is 13.0. The summed E-state index contributed by atoms with van der Waals surface area (Å²) in [6.07, 6.45) is 4.60. The van der Waals surface area contributed by atoms with Crippen molar-refractivity contribution in [2.45, 2.75) is 90.2 Å². The summed E-state index contributed by atoms with van der Waals surface area (Å²) in [4.78, 5) is 38.8. The standard InChI is InChI=1S/C22H23NO3.C17H21ClN2O2S/c1-21(2)19(22(21,3)4)20(24)26-18(14-23)15-9-8-12-17(13-15)25-16-10-6-5-7-11-16;1-11-15(12-7-9-13(18)10-8-12)23-17(22)20(11)16(21)19-14-5-3-2-4-6-14/h5-13,18-19H,1-4H3;7-11,14-15H,2-6H2,1H3,(H,19,21)/t;11-,15+/m.1/s1. The summed E-state index contributed by atoms with van der Waals surface area (Å²) in [5.74, 6) is 0.782. The molecule has 0 radical (unpaired) electrons. The van der Waals surface area contributed by atoms with Gasteiger partial charge in [-0.25, -0.2) is 4.79 Å². The van der Waals surface area contributed by atoms with E-state index in [0.717, 1.165) is 31.2 Å². The third kappa shape index (κ3) is 8.25. The number of rotatable bonds is 7. The number of esters is 1. The Morgan fingerprint density at radius 3 is 2.18 bits per heavy atom. The zero-order chi connectivity index (χ0) is 35.3. The minimum Gasteiger partial charge on any atom is -0.457 e. The fourth-order valence-corrected chi connectivity index (χ4v) is 8.15. The number of urea groups is 1. The van der Waals surface area contributed by atoms with Gasteiger partial charge >= 0.3 is 12.0 Å². The van der Waals surface area contributed by atoms with Gasteiger partial charge < -0.3 is 14.8 Å². The van der Waals surface area contributed by atoms with E-state index in [0.29, 0.717) is 22.1 Å². The lowest BCUT2D eigenvalue weighted by atomic mass is 9.96. The maximum Gasteiger partial charge on any atom is 0.325 e. The minimum absolute atomic E-state index is 0.0446. The van der Waals surface area contributed by atoms with E-state index in [2.05, 4.69) is 39.1 Å². The Morgan fingerprint density at radius 2 is 1.57 bits per heavy atom. The molecule has 49 heavy (non-hydrogen) atoms. The molecule has 6 rings (SSSR count). The molecule has 258 valence electrons. The molecule has 0 spiro atoms. The quantitative estimate of drug-likeness (QED) is 0.244. The number of carbonyl (C=O) groups excluding carboxylic acids is 3. The molecule has 8 nitrogen and oxygen atoms in total. The van der Waals surface area contributed by atoms with Crippen LogP contribution in [-0.4, -0.2) is 34.2 Å². The number of nitrogens with one attached hydrogen (secondary N) is 1. The molecule has 3 aromatic carbocycles. The van der Waals surface area contributed by atoms with Crippen LogP contribution in [-0.2, 0) is 9.53 Å². The molecule has 1 saturated heterocycles. The Bertz CT molecular complexity index is 1670. The number of para-hydroxylation sites is 1. The van der Waals surface area contributed by atoms with E-state index in [1.54, 1.807) is 24.3 Å². The molecule has 3 amide bonds. The van der Waals surface area contributed by atoms with Crippen molar-refractivity contribution in [1.82, 2.24) is 10.2 Å². The van der Waals surface area contributed by atoms with Gasteiger partial charge in [0, 0.05) is 16.6 Å². The van der Waals surface area contributed by atoms with Crippen LogP contribution in [0.5, 0.6) is 11.5 Å². The van der Waals surface area contributed by atoms with Crippen LogP contribution in [0, 0.1) is 28.1 Å². The average Bonchev–Trinajstić information content (AvgIpc) is 3.31. The number of amides is 3. The second-order valence-electron chi connectivity index (χ2n) is 14.1. The second-order valence-corrected chi connectivity index (χ2v) is 15.6. The summed E-state index contributed by atoms with van der Waals surface area (Å²) < 4.78 is 11.3. The summed E-state index contributed by atoms with van der Waals surface area (Å²) in [5.41, 5.74) is 1.38. The molecule has 1 aliphatic heterocycles. The number of nitriles is 1. The van der Waals surface area contributed by atoms with Gasteiger partial charge in [-0.1, -0.05) is 113 Å². The highest BCUT2D eigenvalue weighted by atomic mass is 35.5. The van der Waals surface area contributed by atoms with Crippen LogP contribution >= 0.6 is 23.4 Å². The number of carbonyl (C=O) groups is 3. The summed E-state index contributed by atoms with van der Waals surface area (Å²) in [7, 11) is 0. The Morgan fingerprint density at radius 1 is 0.939 bits per heavy atom. The molecule has 1 N–H and O–H groups in total. The molecule has 3 aliphatic rings. The molecule has 2 aliphatic carbocycles. The third-order valence-electron chi connectivity index (χ3n) is 10.4. The number of hydrogen-bond acceptors (Lipinski definition) is 7. The summed E-state index contributed by atoms with van der Waals surface area (Å²) >= 11 is 7.14. The van der Waals surface area contributed by atoms with Crippen molar-refractivity contribution in [1.29, 1.82) is 5.26 Å². The van der Waals surface area contributed by atoms with Gasteiger partial charge in [-0.3, -0.25) is 14.5 Å². The van der Waals surface area contributed by atoms with Crippen molar-refractivity contribution < 1.29 is 23.9 Å². The predicted molar refractivity (Wildman–Crippen MR) is 192 cm³/mol. The topological polar surface area (TPSA) is 109 Å². The number of thioether (sulfide) groups is 1. The molecule has 3 fully saturated rings. The Kier molecular flexibility index (Phi) is 11.3. The number of benzene rings is 3. The first-order chi connectivity index (χ1) is 23.3. The van der Waals surface area contributed by atoms with Crippen LogP contribution in [0.1, 0.15) is 89.2 Å².